The average Bonchev–Trinajstić information content (AvgIpc) is 2.76. The fourth-order valence-electron chi connectivity index (χ4n) is 2.56. The molecular formula is C23H23NO6. The van der Waals surface area contributed by atoms with Crippen molar-refractivity contribution in [3.8, 4) is 23.3 Å². The molecule has 7 heteroatoms. The molecule has 0 saturated heterocycles. The highest BCUT2D eigenvalue weighted by Gasteiger charge is 2.13. The molecule has 0 aliphatic rings. The first-order valence-electron chi connectivity index (χ1n) is 9.25. The fourth-order valence-corrected chi connectivity index (χ4v) is 2.56. The van der Waals surface area contributed by atoms with E-state index in [4.69, 9.17) is 19.5 Å². The first kappa shape index (κ1) is 22.5. The number of ether oxygens (including phenoxy) is 4. The molecule has 2 aromatic carbocycles. The molecule has 0 heterocycles. The number of nitriles is 1. The van der Waals surface area contributed by atoms with Crippen molar-refractivity contribution in [1.82, 2.24) is 0 Å². The maximum Gasteiger partial charge on any atom is 0.348 e. The number of carbonyl (C=O) groups is 2. The van der Waals surface area contributed by atoms with Crippen molar-refractivity contribution in [3.05, 3.63) is 59.2 Å². The third kappa shape index (κ3) is 6.38. The van der Waals surface area contributed by atoms with Crippen molar-refractivity contribution in [2.45, 2.75) is 19.8 Å². The summed E-state index contributed by atoms with van der Waals surface area (Å²) in [6, 6.07) is 14.2. The Morgan fingerprint density at radius 1 is 1.07 bits per heavy atom. The molecule has 0 amide bonds. The van der Waals surface area contributed by atoms with Crippen LogP contribution >= 0.6 is 0 Å². The lowest BCUT2D eigenvalue weighted by Crippen LogP contribution is -2.11. The maximum absolute atomic E-state index is 12.1. The molecule has 0 aliphatic heterocycles. The highest BCUT2D eigenvalue weighted by Crippen LogP contribution is 2.29. The van der Waals surface area contributed by atoms with Crippen LogP contribution in [0.5, 0.6) is 17.2 Å². The summed E-state index contributed by atoms with van der Waals surface area (Å²) >= 11 is 0. The standard InChI is InChI=1S/C23H23NO6/c1-16-7-4-5-8-19(16)29-12-6-9-22(25)30-20-11-10-17(14-21(20)27-2)13-18(15-24)23(26)28-3/h4-5,7-8,10-11,13-14H,6,9,12H2,1-3H3/b18-13+. The van der Waals surface area contributed by atoms with Crippen LogP contribution in [0, 0.1) is 18.3 Å². The summed E-state index contributed by atoms with van der Waals surface area (Å²) in [5.74, 6) is 0.184. The zero-order valence-corrected chi connectivity index (χ0v) is 17.1. The molecule has 0 N–H and O–H groups in total. The third-order valence-electron chi connectivity index (χ3n) is 4.12. The predicted octanol–water partition coefficient (Wildman–Crippen LogP) is 3.85. The van der Waals surface area contributed by atoms with Crippen LogP contribution in [0.3, 0.4) is 0 Å². The second kappa shape index (κ2) is 11.3. The second-order valence-electron chi connectivity index (χ2n) is 6.26. The predicted molar refractivity (Wildman–Crippen MR) is 110 cm³/mol. The molecule has 0 fully saturated rings. The Kier molecular flexibility index (Phi) is 8.45. The van der Waals surface area contributed by atoms with Crippen molar-refractivity contribution in [3.63, 3.8) is 0 Å². The van der Waals surface area contributed by atoms with Crippen LogP contribution in [0.2, 0.25) is 0 Å². The lowest BCUT2D eigenvalue weighted by Gasteiger charge is -2.11. The molecule has 156 valence electrons. The smallest absolute Gasteiger partial charge is 0.348 e. The molecular weight excluding hydrogens is 386 g/mol. The lowest BCUT2D eigenvalue weighted by atomic mass is 10.1. The number of benzene rings is 2. The van der Waals surface area contributed by atoms with Crippen molar-refractivity contribution in [1.29, 1.82) is 5.26 Å². The molecule has 0 unspecified atom stereocenters. The molecule has 30 heavy (non-hydrogen) atoms. The highest BCUT2D eigenvalue weighted by molar-refractivity contribution is 5.97. The van der Waals surface area contributed by atoms with E-state index in [9.17, 15) is 9.59 Å². The van der Waals surface area contributed by atoms with Gasteiger partial charge in [0, 0.05) is 6.42 Å². The number of aryl methyl sites for hydroxylation is 1. The normalized spacial score (nSPS) is 10.7. The third-order valence-corrected chi connectivity index (χ3v) is 4.12. The van der Waals surface area contributed by atoms with Gasteiger partial charge in [-0.3, -0.25) is 4.79 Å². The van der Waals surface area contributed by atoms with Gasteiger partial charge in [-0.2, -0.15) is 5.26 Å². The van der Waals surface area contributed by atoms with E-state index in [1.165, 1.54) is 20.3 Å². The van der Waals surface area contributed by atoms with Crippen LogP contribution in [0.15, 0.2) is 48.0 Å². The summed E-state index contributed by atoms with van der Waals surface area (Å²) in [6.07, 6.45) is 2.04. The van der Waals surface area contributed by atoms with Crippen LogP contribution < -0.4 is 14.2 Å². The van der Waals surface area contributed by atoms with Gasteiger partial charge in [-0.05, 0) is 48.7 Å². The summed E-state index contributed by atoms with van der Waals surface area (Å²) in [7, 11) is 2.63. The van der Waals surface area contributed by atoms with Gasteiger partial charge in [0.25, 0.3) is 0 Å². The number of hydrogen-bond donors (Lipinski definition) is 0. The van der Waals surface area contributed by atoms with Crippen LogP contribution in [-0.4, -0.2) is 32.8 Å². The van der Waals surface area contributed by atoms with E-state index in [1.807, 2.05) is 31.2 Å². The Morgan fingerprint density at radius 2 is 1.83 bits per heavy atom. The number of hydrogen-bond acceptors (Lipinski definition) is 7. The van der Waals surface area contributed by atoms with Gasteiger partial charge in [0.1, 0.15) is 17.4 Å². The van der Waals surface area contributed by atoms with Crippen LogP contribution in [0.4, 0.5) is 0 Å². The Morgan fingerprint density at radius 3 is 2.50 bits per heavy atom. The molecule has 0 atom stereocenters. The van der Waals surface area contributed by atoms with E-state index in [1.54, 1.807) is 24.3 Å². The highest BCUT2D eigenvalue weighted by atomic mass is 16.6. The van der Waals surface area contributed by atoms with Gasteiger partial charge in [-0.25, -0.2) is 4.79 Å². The van der Waals surface area contributed by atoms with Crippen molar-refractivity contribution in [2.24, 2.45) is 0 Å². The van der Waals surface area contributed by atoms with Gasteiger partial charge in [-0.1, -0.05) is 24.3 Å². The Labute approximate surface area is 175 Å². The molecule has 0 aliphatic carbocycles. The monoisotopic (exact) mass is 409 g/mol. The number of esters is 2. The maximum atomic E-state index is 12.1. The van der Waals surface area contributed by atoms with Crippen molar-refractivity contribution < 1.29 is 28.5 Å². The quantitative estimate of drug-likeness (QED) is 0.204. The van der Waals surface area contributed by atoms with E-state index >= 15 is 0 Å². The Bertz CT molecular complexity index is 974. The largest absolute Gasteiger partial charge is 0.493 e. The van der Waals surface area contributed by atoms with Gasteiger partial charge < -0.3 is 18.9 Å². The zero-order valence-electron chi connectivity index (χ0n) is 17.1. The minimum atomic E-state index is -0.736. The summed E-state index contributed by atoms with van der Waals surface area (Å²) < 4.78 is 20.8. The first-order chi connectivity index (χ1) is 14.5. The van der Waals surface area contributed by atoms with E-state index in [2.05, 4.69) is 4.74 Å². The van der Waals surface area contributed by atoms with Gasteiger partial charge in [0.15, 0.2) is 11.5 Å². The van der Waals surface area contributed by atoms with Crippen molar-refractivity contribution in [2.75, 3.05) is 20.8 Å². The summed E-state index contributed by atoms with van der Waals surface area (Å²) in [4.78, 5) is 23.7. The number of nitrogens with zero attached hydrogens (tertiary/aromatic N) is 1. The number of rotatable bonds is 9. The summed E-state index contributed by atoms with van der Waals surface area (Å²) in [6.45, 7) is 2.35. The average molecular weight is 409 g/mol. The number of methoxy groups -OCH3 is 2. The molecule has 0 bridgehead atoms. The molecule has 7 nitrogen and oxygen atoms in total. The van der Waals surface area contributed by atoms with Crippen LogP contribution in [0.25, 0.3) is 6.08 Å². The SMILES string of the molecule is COC(=O)/C(C#N)=C/c1ccc(OC(=O)CCCOc2ccccc2C)c(OC)c1. The number of para-hydroxylation sites is 1. The topological polar surface area (TPSA) is 94.9 Å². The molecule has 0 saturated carbocycles. The van der Waals surface area contributed by atoms with Crippen LogP contribution in [0.1, 0.15) is 24.0 Å². The molecule has 0 radical (unpaired) electrons. The van der Waals surface area contributed by atoms with E-state index in [-0.39, 0.29) is 17.7 Å². The first-order valence-corrected chi connectivity index (χ1v) is 9.25. The van der Waals surface area contributed by atoms with E-state index in [0.29, 0.717) is 24.3 Å². The van der Waals surface area contributed by atoms with Gasteiger partial charge in [0.2, 0.25) is 0 Å². The fraction of sp³-hybridized carbons (Fsp3) is 0.261. The molecule has 2 aromatic rings. The molecule has 0 spiro atoms. The summed E-state index contributed by atoms with van der Waals surface area (Å²) in [5, 5.41) is 9.05. The molecule has 2 rings (SSSR count). The Balaban J connectivity index is 1.95. The van der Waals surface area contributed by atoms with E-state index in [0.717, 1.165) is 11.3 Å². The zero-order chi connectivity index (χ0) is 21.9. The van der Waals surface area contributed by atoms with Crippen molar-refractivity contribution >= 4 is 18.0 Å². The minimum Gasteiger partial charge on any atom is -0.493 e. The minimum absolute atomic E-state index is 0.155. The van der Waals surface area contributed by atoms with E-state index < -0.39 is 11.9 Å². The van der Waals surface area contributed by atoms with Crippen LogP contribution in [-0.2, 0) is 14.3 Å². The Hall–Kier alpha value is -3.79. The summed E-state index contributed by atoms with van der Waals surface area (Å²) in [5.41, 5.74) is 1.41. The van der Waals surface area contributed by atoms with Gasteiger partial charge >= 0.3 is 11.9 Å². The second-order valence-corrected chi connectivity index (χ2v) is 6.26. The van der Waals surface area contributed by atoms with Gasteiger partial charge in [-0.15, -0.1) is 0 Å². The van der Waals surface area contributed by atoms with Gasteiger partial charge in [0.05, 0.1) is 20.8 Å². The lowest BCUT2D eigenvalue weighted by molar-refractivity contribution is -0.136. The molecule has 0 aromatic heterocycles. The number of carbonyl (C=O) groups excluding carboxylic acids is 2.